The molecule has 3 heteroatoms. The van der Waals surface area contributed by atoms with E-state index in [2.05, 4.69) is 100 Å². The molecule has 0 aliphatic rings. The van der Waals surface area contributed by atoms with Gasteiger partial charge in [-0.25, -0.2) is 0 Å². The van der Waals surface area contributed by atoms with E-state index in [0.29, 0.717) is 6.04 Å². The molecule has 21 heavy (non-hydrogen) atoms. The van der Waals surface area contributed by atoms with Gasteiger partial charge in [-0.15, -0.1) is 0 Å². The minimum Gasteiger partial charge on any atom is -0.310 e. The highest BCUT2D eigenvalue weighted by Crippen LogP contribution is 2.28. The molecule has 0 aliphatic heterocycles. The van der Waals surface area contributed by atoms with Gasteiger partial charge in [0.05, 0.1) is 0 Å². The monoisotopic (exact) mass is 457 g/mol. The third-order valence-corrected chi connectivity index (χ3v) is 5.05. The van der Waals surface area contributed by atoms with Crippen LogP contribution in [0.25, 0.3) is 0 Å². The average Bonchev–Trinajstić information content (AvgIpc) is 2.50. The lowest BCUT2D eigenvalue weighted by atomic mass is 9.98. The molecule has 0 bridgehead atoms. The first kappa shape index (κ1) is 17.0. The van der Waals surface area contributed by atoms with E-state index in [0.717, 1.165) is 19.4 Å². The molecule has 1 unspecified atom stereocenters. The summed E-state index contributed by atoms with van der Waals surface area (Å²) in [6.07, 6.45) is 2.11. The van der Waals surface area contributed by atoms with Crippen molar-refractivity contribution < 1.29 is 0 Å². The van der Waals surface area contributed by atoms with Gasteiger partial charge in [0.15, 0.2) is 0 Å². The van der Waals surface area contributed by atoms with Gasteiger partial charge in [-0.2, -0.15) is 0 Å². The summed E-state index contributed by atoms with van der Waals surface area (Å²) in [6.45, 7) is 5.32. The number of nitrogens with one attached hydrogen (secondary N) is 1. The Balaban J connectivity index is 2.23. The number of benzene rings is 2. The molecule has 0 heterocycles. The Labute approximate surface area is 149 Å². The van der Waals surface area contributed by atoms with Crippen LogP contribution in [-0.4, -0.2) is 6.54 Å². The lowest BCUT2D eigenvalue weighted by Crippen LogP contribution is -2.23. The molecule has 0 fully saturated rings. The fourth-order valence-electron chi connectivity index (χ4n) is 2.47. The third-order valence-electron chi connectivity index (χ3n) is 3.66. The molecule has 1 nitrogen and oxygen atoms in total. The van der Waals surface area contributed by atoms with Gasteiger partial charge in [0, 0.05) is 14.1 Å². The minimum atomic E-state index is 0.339. The summed E-state index contributed by atoms with van der Waals surface area (Å²) in [7, 11) is 0. The second-order valence-corrected chi connectivity index (χ2v) is 7.25. The molecule has 2 aromatic rings. The summed E-state index contributed by atoms with van der Waals surface area (Å²) in [5.74, 6) is 0. The van der Waals surface area contributed by atoms with Gasteiger partial charge in [0.1, 0.15) is 0 Å². The maximum atomic E-state index is 3.69. The molecular weight excluding hydrogens is 437 g/mol. The van der Waals surface area contributed by atoms with Crippen LogP contribution in [0.5, 0.6) is 0 Å². The summed E-state index contributed by atoms with van der Waals surface area (Å²) < 4.78 is 2.45. The highest BCUT2D eigenvalue weighted by molar-refractivity contribution is 14.1. The Kier molecular flexibility index (Phi) is 6.71. The van der Waals surface area contributed by atoms with E-state index in [1.807, 2.05) is 0 Å². The molecule has 0 saturated heterocycles. The number of hydrogen-bond acceptors (Lipinski definition) is 1. The van der Waals surface area contributed by atoms with Crippen molar-refractivity contribution in [2.75, 3.05) is 6.54 Å². The minimum absolute atomic E-state index is 0.339. The van der Waals surface area contributed by atoms with Crippen LogP contribution in [0.1, 0.15) is 36.6 Å². The normalized spacial score (nSPS) is 12.4. The van der Waals surface area contributed by atoms with Crippen LogP contribution in [0.15, 0.2) is 46.9 Å². The molecule has 0 saturated carbocycles. The molecule has 0 radical (unpaired) electrons. The van der Waals surface area contributed by atoms with Crippen LogP contribution >= 0.6 is 38.5 Å². The van der Waals surface area contributed by atoms with Crippen LogP contribution in [0, 0.1) is 3.57 Å². The first-order valence-electron chi connectivity index (χ1n) is 7.40. The van der Waals surface area contributed by atoms with Crippen LogP contribution in [-0.2, 0) is 12.8 Å². The highest BCUT2D eigenvalue weighted by Gasteiger charge is 2.14. The van der Waals surface area contributed by atoms with Gasteiger partial charge >= 0.3 is 0 Å². The average molecular weight is 458 g/mol. The first-order chi connectivity index (χ1) is 10.1. The van der Waals surface area contributed by atoms with Crippen molar-refractivity contribution in [2.45, 2.75) is 32.7 Å². The summed E-state index contributed by atoms with van der Waals surface area (Å²) in [6, 6.07) is 15.9. The summed E-state index contributed by atoms with van der Waals surface area (Å²) in [5, 5.41) is 3.61. The number of hydrogen-bond donors (Lipinski definition) is 1. The zero-order chi connectivity index (χ0) is 15.2. The van der Waals surface area contributed by atoms with Crippen LogP contribution in [0.2, 0.25) is 0 Å². The van der Waals surface area contributed by atoms with E-state index in [-0.39, 0.29) is 0 Å². The molecule has 0 spiro atoms. The van der Waals surface area contributed by atoms with Crippen molar-refractivity contribution in [3.8, 4) is 0 Å². The molecule has 112 valence electrons. The fraction of sp³-hybridized carbons (Fsp3) is 0.333. The van der Waals surface area contributed by atoms with Crippen molar-refractivity contribution >= 4 is 38.5 Å². The smallest absolute Gasteiger partial charge is 0.0372 e. The second-order valence-electron chi connectivity index (χ2n) is 5.15. The molecule has 2 rings (SSSR count). The van der Waals surface area contributed by atoms with Gasteiger partial charge in [-0.3, -0.25) is 0 Å². The van der Waals surface area contributed by atoms with E-state index < -0.39 is 0 Å². The zero-order valence-corrected chi connectivity index (χ0v) is 16.2. The van der Waals surface area contributed by atoms with Crippen molar-refractivity contribution in [3.63, 3.8) is 0 Å². The summed E-state index contributed by atoms with van der Waals surface area (Å²) in [5.41, 5.74) is 4.11. The van der Waals surface area contributed by atoms with E-state index in [1.54, 1.807) is 0 Å². The molecular formula is C18H21BrIN. The Morgan fingerprint density at radius 3 is 2.33 bits per heavy atom. The van der Waals surface area contributed by atoms with Gasteiger partial charge < -0.3 is 5.32 Å². The van der Waals surface area contributed by atoms with Crippen molar-refractivity contribution in [3.05, 3.63) is 67.2 Å². The van der Waals surface area contributed by atoms with E-state index in [9.17, 15) is 0 Å². The SMILES string of the molecule is CCNC(Cc1ccc(CC)cc1)c1cc(I)ccc1Br. The van der Waals surface area contributed by atoms with E-state index in [4.69, 9.17) is 0 Å². The topological polar surface area (TPSA) is 12.0 Å². The van der Waals surface area contributed by atoms with E-state index in [1.165, 1.54) is 24.7 Å². The van der Waals surface area contributed by atoms with Crippen LogP contribution in [0.4, 0.5) is 0 Å². The number of aryl methyl sites for hydroxylation is 1. The summed E-state index contributed by atoms with van der Waals surface area (Å²) in [4.78, 5) is 0. The fourth-order valence-corrected chi connectivity index (χ4v) is 3.51. The predicted molar refractivity (Wildman–Crippen MR) is 103 cm³/mol. The Morgan fingerprint density at radius 2 is 1.71 bits per heavy atom. The molecule has 2 aromatic carbocycles. The molecule has 0 aromatic heterocycles. The first-order valence-corrected chi connectivity index (χ1v) is 9.27. The predicted octanol–water partition coefficient (Wildman–Crippen LogP) is 5.51. The number of rotatable bonds is 6. The van der Waals surface area contributed by atoms with Crippen molar-refractivity contribution in [2.24, 2.45) is 0 Å². The maximum absolute atomic E-state index is 3.69. The van der Waals surface area contributed by atoms with Crippen molar-refractivity contribution in [1.29, 1.82) is 0 Å². The Bertz CT molecular complexity index is 580. The molecule has 0 aliphatic carbocycles. The van der Waals surface area contributed by atoms with Gasteiger partial charge in [-0.1, -0.05) is 54.0 Å². The lowest BCUT2D eigenvalue weighted by Gasteiger charge is -2.20. The van der Waals surface area contributed by atoms with Gasteiger partial charge in [0.2, 0.25) is 0 Å². The largest absolute Gasteiger partial charge is 0.310 e. The number of halogens is 2. The molecule has 1 atom stereocenters. The summed E-state index contributed by atoms with van der Waals surface area (Å²) >= 11 is 6.07. The second kappa shape index (κ2) is 8.30. The van der Waals surface area contributed by atoms with E-state index >= 15 is 0 Å². The quantitative estimate of drug-likeness (QED) is 0.564. The molecule has 0 amide bonds. The number of likely N-dealkylation sites (N-methyl/N-ethyl adjacent to an activating group) is 1. The maximum Gasteiger partial charge on any atom is 0.0372 e. The van der Waals surface area contributed by atoms with Gasteiger partial charge in [-0.05, 0) is 76.9 Å². The van der Waals surface area contributed by atoms with Crippen molar-refractivity contribution in [1.82, 2.24) is 5.32 Å². The van der Waals surface area contributed by atoms with Gasteiger partial charge in [0.25, 0.3) is 0 Å². The van der Waals surface area contributed by atoms with Crippen LogP contribution in [0.3, 0.4) is 0 Å². The Hall–Kier alpha value is -0.390. The highest BCUT2D eigenvalue weighted by atomic mass is 127. The molecule has 1 N–H and O–H groups in total. The lowest BCUT2D eigenvalue weighted by molar-refractivity contribution is 0.547. The standard InChI is InChI=1S/C18H21BrIN/c1-3-13-5-7-14(8-6-13)11-18(21-4-2)16-12-15(20)9-10-17(16)19/h5-10,12,18,21H,3-4,11H2,1-2H3. The van der Waals surface area contributed by atoms with Crippen LogP contribution < -0.4 is 5.32 Å². The zero-order valence-electron chi connectivity index (χ0n) is 12.5. The Morgan fingerprint density at radius 1 is 1.05 bits per heavy atom. The third kappa shape index (κ3) is 4.80.